The van der Waals surface area contributed by atoms with Crippen LogP contribution in [0.25, 0.3) is 0 Å². The van der Waals surface area contributed by atoms with Crippen LogP contribution in [0, 0.1) is 0 Å². The molecule has 2 heterocycles. The van der Waals surface area contributed by atoms with Crippen molar-refractivity contribution in [3.8, 4) is 0 Å². The van der Waals surface area contributed by atoms with E-state index in [0.717, 1.165) is 56.1 Å². The first kappa shape index (κ1) is 18.7. The number of aromatic nitrogens is 2. The van der Waals surface area contributed by atoms with Gasteiger partial charge in [0, 0.05) is 50.5 Å². The highest BCUT2D eigenvalue weighted by Gasteiger charge is 2.19. The molecule has 0 spiro atoms. The Morgan fingerprint density at radius 1 is 0.857 bits per heavy atom. The maximum absolute atomic E-state index is 5.97. The third-order valence-corrected chi connectivity index (χ3v) is 5.19. The van der Waals surface area contributed by atoms with E-state index < -0.39 is 0 Å². The number of halogens is 1. The molecule has 0 aliphatic carbocycles. The van der Waals surface area contributed by atoms with E-state index >= 15 is 0 Å². The molecule has 1 aromatic heterocycles. The van der Waals surface area contributed by atoms with Gasteiger partial charge >= 0.3 is 0 Å². The molecule has 0 bridgehead atoms. The number of benzene rings is 2. The predicted molar refractivity (Wildman–Crippen MR) is 115 cm³/mol. The van der Waals surface area contributed by atoms with Gasteiger partial charge in [-0.2, -0.15) is 4.98 Å². The van der Waals surface area contributed by atoms with Crippen LogP contribution in [0.1, 0.15) is 11.1 Å². The summed E-state index contributed by atoms with van der Waals surface area (Å²) in [6.45, 7) is 5.55. The lowest BCUT2D eigenvalue weighted by Gasteiger charge is -2.34. The van der Waals surface area contributed by atoms with Crippen LogP contribution in [0.5, 0.6) is 0 Å². The summed E-state index contributed by atoms with van der Waals surface area (Å²) >= 11 is 5.97. The molecule has 3 aromatic rings. The Morgan fingerprint density at radius 2 is 1.61 bits per heavy atom. The highest BCUT2D eigenvalue weighted by molar-refractivity contribution is 6.30. The molecule has 1 saturated heterocycles. The molecule has 1 aliphatic rings. The Bertz CT molecular complexity index is 877. The number of nitrogens with zero attached hydrogens (tertiary/aromatic N) is 4. The van der Waals surface area contributed by atoms with Gasteiger partial charge in [-0.15, -0.1) is 0 Å². The van der Waals surface area contributed by atoms with E-state index in [-0.39, 0.29) is 0 Å². The number of piperazine rings is 1. The molecule has 0 radical (unpaired) electrons. The van der Waals surface area contributed by atoms with Crippen LogP contribution in [0.2, 0.25) is 5.02 Å². The zero-order valence-corrected chi connectivity index (χ0v) is 16.5. The Balaban J connectivity index is 1.31. The second kappa shape index (κ2) is 9.04. The lowest BCUT2D eigenvalue weighted by atomic mass is 10.2. The quantitative estimate of drug-likeness (QED) is 0.684. The molecule has 0 atom stereocenters. The van der Waals surface area contributed by atoms with Gasteiger partial charge in [-0.3, -0.25) is 4.90 Å². The topological polar surface area (TPSA) is 44.3 Å². The second-order valence-electron chi connectivity index (χ2n) is 6.97. The molecular weight excluding hydrogens is 370 g/mol. The van der Waals surface area contributed by atoms with Gasteiger partial charge in [0.05, 0.1) is 0 Å². The number of rotatable bonds is 6. The van der Waals surface area contributed by atoms with Crippen molar-refractivity contribution in [1.82, 2.24) is 14.9 Å². The zero-order chi connectivity index (χ0) is 19.2. The van der Waals surface area contributed by atoms with Gasteiger partial charge in [-0.25, -0.2) is 4.98 Å². The summed E-state index contributed by atoms with van der Waals surface area (Å²) in [5.74, 6) is 1.65. The average molecular weight is 394 g/mol. The van der Waals surface area contributed by atoms with Crippen molar-refractivity contribution < 1.29 is 0 Å². The Hall–Kier alpha value is -2.63. The van der Waals surface area contributed by atoms with Gasteiger partial charge in [-0.05, 0) is 29.3 Å². The van der Waals surface area contributed by atoms with Crippen LogP contribution >= 0.6 is 11.6 Å². The van der Waals surface area contributed by atoms with Crippen molar-refractivity contribution >= 4 is 23.4 Å². The number of hydrogen-bond acceptors (Lipinski definition) is 5. The first-order valence-electron chi connectivity index (χ1n) is 9.59. The molecule has 4 rings (SSSR count). The van der Waals surface area contributed by atoms with Crippen molar-refractivity contribution in [2.45, 2.75) is 13.1 Å². The van der Waals surface area contributed by atoms with Gasteiger partial charge in [0.2, 0.25) is 5.95 Å². The highest BCUT2D eigenvalue weighted by Crippen LogP contribution is 2.16. The van der Waals surface area contributed by atoms with Gasteiger partial charge in [0.15, 0.2) is 0 Å². The van der Waals surface area contributed by atoms with Gasteiger partial charge in [-0.1, -0.05) is 54.1 Å². The number of anilines is 2. The van der Waals surface area contributed by atoms with E-state index in [0.29, 0.717) is 0 Å². The van der Waals surface area contributed by atoms with Gasteiger partial charge in [0.25, 0.3) is 0 Å². The first-order valence-corrected chi connectivity index (χ1v) is 9.97. The largest absolute Gasteiger partial charge is 0.366 e. The summed E-state index contributed by atoms with van der Waals surface area (Å²) in [5.41, 5.74) is 2.53. The van der Waals surface area contributed by atoms with Crippen LogP contribution < -0.4 is 10.2 Å². The van der Waals surface area contributed by atoms with Gasteiger partial charge < -0.3 is 10.2 Å². The summed E-state index contributed by atoms with van der Waals surface area (Å²) in [6.07, 6.45) is 1.83. The van der Waals surface area contributed by atoms with E-state index in [2.05, 4.69) is 44.4 Å². The molecule has 6 heteroatoms. The molecule has 0 amide bonds. The number of hydrogen-bond donors (Lipinski definition) is 1. The van der Waals surface area contributed by atoms with Crippen LogP contribution in [-0.4, -0.2) is 41.0 Å². The second-order valence-corrected chi connectivity index (χ2v) is 7.41. The molecule has 1 aliphatic heterocycles. The van der Waals surface area contributed by atoms with E-state index in [4.69, 9.17) is 16.6 Å². The van der Waals surface area contributed by atoms with Crippen molar-refractivity contribution in [1.29, 1.82) is 0 Å². The molecule has 2 aromatic carbocycles. The highest BCUT2D eigenvalue weighted by atomic mass is 35.5. The average Bonchev–Trinajstić information content (AvgIpc) is 2.75. The Morgan fingerprint density at radius 3 is 2.36 bits per heavy atom. The molecule has 0 saturated carbocycles. The van der Waals surface area contributed by atoms with Crippen LogP contribution in [-0.2, 0) is 13.1 Å². The summed E-state index contributed by atoms with van der Waals surface area (Å²) in [5, 5.41) is 4.17. The van der Waals surface area contributed by atoms with Gasteiger partial charge in [0.1, 0.15) is 5.82 Å². The summed E-state index contributed by atoms with van der Waals surface area (Å²) < 4.78 is 0. The van der Waals surface area contributed by atoms with Crippen LogP contribution in [0.4, 0.5) is 11.8 Å². The standard InChI is InChI=1S/C22H24ClN5/c23-20-8-6-19(7-9-20)17-27-12-14-28(15-13-27)22-24-11-10-21(26-22)25-16-18-4-2-1-3-5-18/h1-11H,12-17H2,(H,24,25,26). The fraction of sp³-hybridized carbons (Fsp3) is 0.273. The number of nitrogens with one attached hydrogen (secondary N) is 1. The van der Waals surface area contributed by atoms with E-state index in [9.17, 15) is 0 Å². The smallest absolute Gasteiger partial charge is 0.227 e. The minimum Gasteiger partial charge on any atom is -0.366 e. The third-order valence-electron chi connectivity index (χ3n) is 4.93. The molecule has 28 heavy (non-hydrogen) atoms. The van der Waals surface area contributed by atoms with Crippen molar-refractivity contribution in [2.24, 2.45) is 0 Å². The van der Waals surface area contributed by atoms with Crippen molar-refractivity contribution in [3.63, 3.8) is 0 Å². The lowest BCUT2D eigenvalue weighted by molar-refractivity contribution is 0.248. The lowest BCUT2D eigenvalue weighted by Crippen LogP contribution is -2.46. The fourth-order valence-corrected chi connectivity index (χ4v) is 3.47. The maximum Gasteiger partial charge on any atom is 0.227 e. The van der Waals surface area contributed by atoms with Crippen molar-refractivity contribution in [2.75, 3.05) is 36.4 Å². The SMILES string of the molecule is Clc1ccc(CN2CCN(c3nccc(NCc4ccccc4)n3)CC2)cc1. The summed E-state index contributed by atoms with van der Waals surface area (Å²) in [6, 6.07) is 20.4. The molecule has 1 N–H and O–H groups in total. The van der Waals surface area contributed by atoms with E-state index in [1.54, 1.807) is 0 Å². The van der Waals surface area contributed by atoms with Crippen LogP contribution in [0.3, 0.4) is 0 Å². The fourth-order valence-electron chi connectivity index (χ4n) is 3.34. The third kappa shape index (κ3) is 5.00. The predicted octanol–water partition coefficient (Wildman–Crippen LogP) is 4.06. The van der Waals surface area contributed by atoms with E-state index in [1.807, 2.05) is 42.6 Å². The Kier molecular flexibility index (Phi) is 6.04. The molecule has 5 nitrogen and oxygen atoms in total. The molecule has 144 valence electrons. The molecule has 1 fully saturated rings. The minimum atomic E-state index is 0.756. The van der Waals surface area contributed by atoms with Crippen molar-refractivity contribution in [3.05, 3.63) is 83.0 Å². The van der Waals surface area contributed by atoms with Crippen LogP contribution in [0.15, 0.2) is 66.9 Å². The monoisotopic (exact) mass is 393 g/mol. The van der Waals surface area contributed by atoms with E-state index in [1.165, 1.54) is 11.1 Å². The molecular formula is C22H24ClN5. The molecule has 0 unspecified atom stereocenters. The summed E-state index contributed by atoms with van der Waals surface area (Å²) in [4.78, 5) is 13.9. The summed E-state index contributed by atoms with van der Waals surface area (Å²) in [7, 11) is 0. The zero-order valence-electron chi connectivity index (χ0n) is 15.8. The first-order chi connectivity index (χ1) is 13.8. The maximum atomic E-state index is 5.97. The Labute approximate surface area is 171 Å². The minimum absolute atomic E-state index is 0.756. The normalized spacial score (nSPS) is 14.8.